The number of hydrogen-bond acceptors (Lipinski definition) is 3. The Hall–Kier alpha value is -0.300. The third-order valence-electron chi connectivity index (χ3n) is 1.55. The van der Waals surface area contributed by atoms with Gasteiger partial charge in [0.2, 0.25) is 0 Å². The highest BCUT2D eigenvalue weighted by Gasteiger charge is 2.02. The van der Waals surface area contributed by atoms with E-state index in [1.165, 1.54) is 0 Å². The monoisotopic (exact) mass is 190 g/mol. The van der Waals surface area contributed by atoms with Crippen molar-refractivity contribution >= 4 is 11.6 Å². The lowest BCUT2D eigenvalue weighted by Gasteiger charge is -2.18. The summed E-state index contributed by atoms with van der Waals surface area (Å²) in [6.07, 6.45) is 0.556. The first-order chi connectivity index (χ1) is 5.85. The first-order valence-corrected chi connectivity index (χ1v) is 4.52. The van der Waals surface area contributed by atoms with Gasteiger partial charge in [-0.25, -0.2) is 0 Å². The summed E-state index contributed by atoms with van der Waals surface area (Å²) >= 11 is 5.59. The number of alkyl halides is 1. The topological polar surface area (TPSA) is 36.3 Å². The quantitative estimate of drug-likeness (QED) is 0.564. The molecular weight excluding hydrogens is 176 g/mol. The van der Waals surface area contributed by atoms with Gasteiger partial charge in [0.05, 0.1) is 12.7 Å². The van der Waals surface area contributed by atoms with Crippen molar-refractivity contribution in [3.8, 4) is 6.07 Å². The second-order valence-corrected chi connectivity index (χ2v) is 2.81. The Morgan fingerprint density at radius 3 is 2.67 bits per heavy atom. The fourth-order valence-corrected chi connectivity index (χ4v) is 1.12. The molecule has 0 heterocycles. The Balaban J connectivity index is 3.48. The molecule has 0 amide bonds. The van der Waals surface area contributed by atoms with Crippen molar-refractivity contribution in [1.29, 1.82) is 5.26 Å². The predicted molar refractivity (Wildman–Crippen MR) is 49.3 cm³/mol. The average Bonchev–Trinajstić information content (AvgIpc) is 2.10. The van der Waals surface area contributed by atoms with Crippen LogP contribution in [0.5, 0.6) is 0 Å². The van der Waals surface area contributed by atoms with Crippen LogP contribution in [-0.4, -0.2) is 44.1 Å². The molecule has 0 saturated heterocycles. The molecule has 0 aliphatic rings. The van der Waals surface area contributed by atoms with Crippen LogP contribution in [0, 0.1) is 11.3 Å². The fraction of sp³-hybridized carbons (Fsp3) is 0.875. The minimum Gasteiger partial charge on any atom is -0.383 e. The number of methoxy groups -OCH3 is 1. The summed E-state index contributed by atoms with van der Waals surface area (Å²) in [7, 11) is 1.67. The minimum absolute atomic E-state index is 0.556. The van der Waals surface area contributed by atoms with Crippen LogP contribution in [0.2, 0.25) is 0 Å². The molecule has 0 unspecified atom stereocenters. The molecule has 0 saturated carbocycles. The van der Waals surface area contributed by atoms with E-state index in [0.29, 0.717) is 18.9 Å². The summed E-state index contributed by atoms with van der Waals surface area (Å²) in [6, 6.07) is 2.11. The van der Waals surface area contributed by atoms with Crippen LogP contribution in [0.1, 0.15) is 6.42 Å². The fourth-order valence-electron chi connectivity index (χ4n) is 0.883. The van der Waals surface area contributed by atoms with E-state index in [-0.39, 0.29) is 0 Å². The first-order valence-electron chi connectivity index (χ1n) is 3.99. The van der Waals surface area contributed by atoms with Crippen molar-refractivity contribution in [1.82, 2.24) is 4.90 Å². The van der Waals surface area contributed by atoms with Gasteiger partial charge in [-0.15, -0.1) is 11.6 Å². The molecule has 0 rings (SSSR count). The van der Waals surface area contributed by atoms with E-state index >= 15 is 0 Å². The van der Waals surface area contributed by atoms with Crippen LogP contribution in [0.25, 0.3) is 0 Å². The molecule has 0 aromatic rings. The van der Waals surface area contributed by atoms with Gasteiger partial charge in [0.15, 0.2) is 0 Å². The van der Waals surface area contributed by atoms with Crippen LogP contribution in [0.4, 0.5) is 0 Å². The molecule has 0 N–H and O–H groups in total. The van der Waals surface area contributed by atoms with Crippen molar-refractivity contribution in [2.24, 2.45) is 0 Å². The van der Waals surface area contributed by atoms with Gasteiger partial charge in [0.1, 0.15) is 0 Å². The van der Waals surface area contributed by atoms with Gasteiger partial charge in [-0.2, -0.15) is 5.26 Å². The van der Waals surface area contributed by atoms with Gasteiger partial charge >= 0.3 is 0 Å². The van der Waals surface area contributed by atoms with E-state index in [9.17, 15) is 0 Å². The van der Waals surface area contributed by atoms with Crippen molar-refractivity contribution in [3.05, 3.63) is 0 Å². The van der Waals surface area contributed by atoms with Gasteiger partial charge in [-0.1, -0.05) is 0 Å². The largest absolute Gasteiger partial charge is 0.383 e. The van der Waals surface area contributed by atoms with E-state index in [2.05, 4.69) is 11.0 Å². The lowest BCUT2D eigenvalue weighted by molar-refractivity contribution is 0.152. The molecule has 0 aliphatic heterocycles. The van der Waals surface area contributed by atoms with Gasteiger partial charge in [0, 0.05) is 39.0 Å². The number of hydrogen-bond donors (Lipinski definition) is 0. The summed E-state index contributed by atoms with van der Waals surface area (Å²) in [5, 5.41) is 8.37. The normalized spacial score (nSPS) is 10.2. The van der Waals surface area contributed by atoms with Gasteiger partial charge in [-0.3, -0.25) is 4.90 Å². The highest BCUT2D eigenvalue weighted by Crippen LogP contribution is 1.92. The van der Waals surface area contributed by atoms with Gasteiger partial charge < -0.3 is 4.74 Å². The lowest BCUT2D eigenvalue weighted by atomic mass is 10.4. The zero-order chi connectivity index (χ0) is 9.23. The standard InChI is InChI=1S/C8H15ClN2O/c1-12-8-7-11(6-3-9)5-2-4-10/h2-3,5-8H2,1H3. The summed E-state index contributed by atoms with van der Waals surface area (Å²) < 4.78 is 4.93. The second kappa shape index (κ2) is 8.79. The molecule has 0 aromatic carbocycles. The smallest absolute Gasteiger partial charge is 0.0635 e. The average molecular weight is 191 g/mol. The SMILES string of the molecule is COCCN(CCCl)CCC#N. The molecule has 12 heavy (non-hydrogen) atoms. The van der Waals surface area contributed by atoms with Gasteiger partial charge in [0.25, 0.3) is 0 Å². The lowest BCUT2D eigenvalue weighted by Crippen LogP contribution is -2.30. The number of halogens is 1. The first kappa shape index (κ1) is 11.7. The summed E-state index contributed by atoms with van der Waals surface area (Å²) in [5.41, 5.74) is 0. The highest BCUT2D eigenvalue weighted by molar-refractivity contribution is 6.18. The van der Waals surface area contributed by atoms with Crippen LogP contribution in [0.15, 0.2) is 0 Å². The summed E-state index contributed by atoms with van der Waals surface area (Å²) in [4.78, 5) is 2.12. The van der Waals surface area contributed by atoms with E-state index in [0.717, 1.165) is 19.6 Å². The Kier molecular flexibility index (Phi) is 8.57. The van der Waals surface area contributed by atoms with Crippen LogP contribution < -0.4 is 0 Å². The maximum atomic E-state index is 8.37. The number of nitriles is 1. The third kappa shape index (κ3) is 6.41. The molecule has 0 aromatic heterocycles. The van der Waals surface area contributed by atoms with E-state index in [4.69, 9.17) is 21.6 Å². The Bertz CT molecular complexity index is 136. The zero-order valence-electron chi connectivity index (χ0n) is 7.42. The van der Waals surface area contributed by atoms with E-state index in [1.54, 1.807) is 7.11 Å². The molecule has 0 bridgehead atoms. The van der Waals surface area contributed by atoms with Crippen molar-refractivity contribution in [2.75, 3.05) is 39.2 Å². The highest BCUT2D eigenvalue weighted by atomic mass is 35.5. The Morgan fingerprint density at radius 2 is 2.17 bits per heavy atom. The van der Waals surface area contributed by atoms with Crippen molar-refractivity contribution in [2.45, 2.75) is 6.42 Å². The number of nitrogens with zero attached hydrogens (tertiary/aromatic N) is 2. The summed E-state index contributed by atoms with van der Waals surface area (Å²) in [6.45, 7) is 3.16. The van der Waals surface area contributed by atoms with Gasteiger partial charge in [-0.05, 0) is 0 Å². The van der Waals surface area contributed by atoms with Crippen LogP contribution >= 0.6 is 11.6 Å². The molecule has 4 heteroatoms. The predicted octanol–water partition coefficient (Wildman–Crippen LogP) is 1.09. The molecule has 0 aliphatic carbocycles. The Labute approximate surface area is 78.9 Å². The van der Waals surface area contributed by atoms with Crippen LogP contribution in [-0.2, 0) is 4.74 Å². The Morgan fingerprint density at radius 1 is 1.42 bits per heavy atom. The molecular formula is C8H15ClN2O. The summed E-state index contributed by atoms with van der Waals surface area (Å²) in [5.74, 6) is 0.606. The maximum Gasteiger partial charge on any atom is 0.0635 e. The molecule has 0 radical (unpaired) electrons. The number of ether oxygens (including phenoxy) is 1. The zero-order valence-corrected chi connectivity index (χ0v) is 8.18. The molecule has 0 spiro atoms. The molecule has 3 nitrogen and oxygen atoms in total. The van der Waals surface area contributed by atoms with Crippen molar-refractivity contribution < 1.29 is 4.74 Å². The molecule has 0 atom stereocenters. The van der Waals surface area contributed by atoms with E-state index in [1.807, 2.05) is 0 Å². The minimum atomic E-state index is 0.556. The maximum absolute atomic E-state index is 8.37. The molecule has 70 valence electrons. The van der Waals surface area contributed by atoms with Crippen molar-refractivity contribution in [3.63, 3.8) is 0 Å². The van der Waals surface area contributed by atoms with Crippen LogP contribution in [0.3, 0.4) is 0 Å². The number of rotatable bonds is 7. The second-order valence-electron chi connectivity index (χ2n) is 2.43. The molecule has 0 fully saturated rings. The van der Waals surface area contributed by atoms with E-state index < -0.39 is 0 Å². The third-order valence-corrected chi connectivity index (χ3v) is 1.72.